The molecule has 1 fully saturated rings. The first kappa shape index (κ1) is 28.9. The lowest BCUT2D eigenvalue weighted by Gasteiger charge is -2.36. The first-order valence-electron chi connectivity index (χ1n) is 14.0. The smallest absolute Gasteiger partial charge is 0.356 e. The van der Waals surface area contributed by atoms with Crippen molar-refractivity contribution in [1.82, 2.24) is 44.8 Å². The standard InChI is InChI=1S/C28H25F6N11/c1-42-8-10-43(11-9-42)25-35-14-16(15-36-25)24-23-18(19-12-17(2-3-20(19)39-23)45-37-5-6-38-45)4-7-44(24)26-40-21(27(29,30)31)13-22(41-26)28(32,33)34/h2-3,5-6,12-15,24,39H,4,7-11H2,1H3/t24-/m0/s1. The second-order valence-corrected chi connectivity index (χ2v) is 11.0. The molecule has 0 saturated carbocycles. The molecule has 0 aliphatic carbocycles. The van der Waals surface area contributed by atoms with Crippen molar-refractivity contribution in [2.75, 3.05) is 49.6 Å². The highest BCUT2D eigenvalue weighted by Gasteiger charge is 2.42. The molecule has 5 aromatic rings. The van der Waals surface area contributed by atoms with Crippen molar-refractivity contribution >= 4 is 22.8 Å². The number of rotatable bonds is 4. The highest BCUT2D eigenvalue weighted by atomic mass is 19.4. The van der Waals surface area contributed by atoms with Crippen LogP contribution in [-0.2, 0) is 18.8 Å². The van der Waals surface area contributed by atoms with E-state index in [1.165, 1.54) is 9.70 Å². The van der Waals surface area contributed by atoms with Crippen LogP contribution < -0.4 is 9.80 Å². The van der Waals surface area contributed by atoms with E-state index < -0.39 is 35.7 Å². The van der Waals surface area contributed by atoms with E-state index in [2.05, 4.69) is 40.0 Å². The molecule has 45 heavy (non-hydrogen) atoms. The molecular weight excluding hydrogens is 604 g/mol. The summed E-state index contributed by atoms with van der Waals surface area (Å²) in [6, 6.07) is 4.51. The van der Waals surface area contributed by atoms with Gasteiger partial charge in [0.2, 0.25) is 11.9 Å². The number of fused-ring (bicyclic) bond motifs is 3. The van der Waals surface area contributed by atoms with Gasteiger partial charge in [-0.2, -0.15) is 41.3 Å². The first-order valence-corrected chi connectivity index (χ1v) is 14.0. The number of benzene rings is 1. The monoisotopic (exact) mass is 629 g/mol. The van der Waals surface area contributed by atoms with Gasteiger partial charge in [-0.1, -0.05) is 0 Å². The fourth-order valence-corrected chi connectivity index (χ4v) is 5.81. The number of likely N-dealkylation sites (N-methyl/N-ethyl adjacent to an activating group) is 1. The fourth-order valence-electron chi connectivity index (χ4n) is 5.81. The Balaban J connectivity index is 1.36. The molecule has 1 N–H and O–H groups in total. The molecule has 0 spiro atoms. The van der Waals surface area contributed by atoms with Crippen LogP contribution in [0.5, 0.6) is 0 Å². The van der Waals surface area contributed by atoms with E-state index in [-0.39, 0.29) is 19.0 Å². The highest BCUT2D eigenvalue weighted by molar-refractivity contribution is 5.87. The highest BCUT2D eigenvalue weighted by Crippen LogP contribution is 2.42. The van der Waals surface area contributed by atoms with E-state index in [9.17, 15) is 26.3 Å². The number of alkyl halides is 6. The van der Waals surface area contributed by atoms with Crippen molar-refractivity contribution in [2.45, 2.75) is 24.8 Å². The molecule has 0 unspecified atom stereocenters. The van der Waals surface area contributed by atoms with E-state index in [1.807, 2.05) is 24.1 Å². The number of anilines is 2. The van der Waals surface area contributed by atoms with Crippen LogP contribution in [0.3, 0.4) is 0 Å². The molecule has 1 aromatic carbocycles. The van der Waals surface area contributed by atoms with Gasteiger partial charge in [-0.3, -0.25) is 0 Å². The Kier molecular flexibility index (Phi) is 6.87. The summed E-state index contributed by atoms with van der Waals surface area (Å²) >= 11 is 0. The van der Waals surface area contributed by atoms with E-state index >= 15 is 0 Å². The molecule has 2 aliphatic heterocycles. The number of hydrogen-bond donors (Lipinski definition) is 1. The third-order valence-electron chi connectivity index (χ3n) is 8.07. The van der Waals surface area contributed by atoms with Crippen molar-refractivity contribution in [3.8, 4) is 5.69 Å². The van der Waals surface area contributed by atoms with Gasteiger partial charge in [-0.25, -0.2) is 19.9 Å². The Morgan fingerprint density at radius 3 is 2.07 bits per heavy atom. The third-order valence-corrected chi connectivity index (χ3v) is 8.07. The number of halogens is 6. The van der Waals surface area contributed by atoms with Gasteiger partial charge in [0.05, 0.1) is 18.1 Å². The van der Waals surface area contributed by atoms with E-state index in [4.69, 9.17) is 0 Å². The van der Waals surface area contributed by atoms with Crippen LogP contribution in [0.4, 0.5) is 38.2 Å². The first-order chi connectivity index (χ1) is 21.5. The molecule has 1 atom stereocenters. The van der Waals surface area contributed by atoms with Crippen molar-refractivity contribution in [3.63, 3.8) is 0 Å². The number of nitrogens with one attached hydrogen (secondary N) is 1. The second-order valence-electron chi connectivity index (χ2n) is 11.0. The minimum atomic E-state index is -5.13. The van der Waals surface area contributed by atoms with Crippen LogP contribution in [0.1, 0.15) is 34.3 Å². The largest absolute Gasteiger partial charge is 0.433 e. The summed E-state index contributed by atoms with van der Waals surface area (Å²) in [5.74, 6) is -0.215. The van der Waals surface area contributed by atoms with Crippen molar-refractivity contribution in [2.24, 2.45) is 0 Å². The molecule has 7 rings (SSSR count). The van der Waals surface area contributed by atoms with Gasteiger partial charge in [0.25, 0.3) is 0 Å². The number of H-pyrrole nitrogens is 1. The Labute approximate surface area is 251 Å². The Morgan fingerprint density at radius 1 is 0.800 bits per heavy atom. The molecule has 6 heterocycles. The topological polar surface area (TPSA) is 108 Å². The molecular formula is C28H25F6N11. The zero-order chi connectivity index (χ0) is 31.5. The Morgan fingerprint density at radius 2 is 1.44 bits per heavy atom. The van der Waals surface area contributed by atoms with E-state index in [0.717, 1.165) is 29.6 Å². The summed E-state index contributed by atoms with van der Waals surface area (Å²) in [7, 11) is 2.02. The second kappa shape index (κ2) is 10.7. The molecule has 11 nitrogen and oxygen atoms in total. The minimum Gasteiger partial charge on any atom is -0.356 e. The summed E-state index contributed by atoms with van der Waals surface area (Å²) in [6.07, 6.45) is -3.78. The summed E-state index contributed by atoms with van der Waals surface area (Å²) in [6.45, 7) is 3.09. The van der Waals surface area contributed by atoms with Gasteiger partial charge < -0.3 is 19.7 Å². The predicted molar refractivity (Wildman–Crippen MR) is 150 cm³/mol. The molecule has 234 valence electrons. The average Bonchev–Trinajstić information content (AvgIpc) is 3.68. The number of aromatic nitrogens is 8. The Hall–Kier alpha value is -4.80. The Bertz CT molecular complexity index is 1790. The van der Waals surface area contributed by atoms with Gasteiger partial charge in [-0.15, -0.1) is 0 Å². The quantitative estimate of drug-likeness (QED) is 0.292. The van der Waals surface area contributed by atoms with Crippen molar-refractivity contribution < 1.29 is 26.3 Å². The number of aromatic amines is 1. The van der Waals surface area contributed by atoms with Gasteiger partial charge in [0, 0.05) is 67.3 Å². The van der Waals surface area contributed by atoms with Gasteiger partial charge in [0.15, 0.2) is 11.4 Å². The summed E-state index contributed by atoms with van der Waals surface area (Å²) in [4.78, 5) is 26.6. The molecule has 2 aliphatic rings. The van der Waals surface area contributed by atoms with Crippen LogP contribution in [0.25, 0.3) is 16.6 Å². The number of hydrogen-bond acceptors (Lipinski definition) is 9. The summed E-state index contributed by atoms with van der Waals surface area (Å²) in [5, 5.41) is 9.17. The lowest BCUT2D eigenvalue weighted by molar-refractivity contribution is -0.147. The molecule has 4 aromatic heterocycles. The molecule has 17 heteroatoms. The zero-order valence-corrected chi connectivity index (χ0v) is 23.7. The SMILES string of the molecule is CN1CCN(c2ncc([C@H]3c4[nH]c5ccc(-n6nccn6)cc5c4CCN3c3nc(C(F)(F)F)cc(C(F)(F)F)n3)cn2)CC1. The third kappa shape index (κ3) is 5.40. The lowest BCUT2D eigenvalue weighted by atomic mass is 9.94. The van der Waals surface area contributed by atoms with Gasteiger partial charge in [0.1, 0.15) is 6.04 Å². The van der Waals surface area contributed by atoms with Crippen LogP contribution >= 0.6 is 0 Å². The lowest BCUT2D eigenvalue weighted by Crippen LogP contribution is -2.45. The van der Waals surface area contributed by atoms with Crippen LogP contribution in [-0.4, -0.2) is 84.6 Å². The van der Waals surface area contributed by atoms with Crippen molar-refractivity contribution in [3.05, 3.63) is 77.3 Å². The molecule has 0 bridgehead atoms. The number of piperazine rings is 1. The maximum Gasteiger partial charge on any atom is 0.433 e. The molecule has 1 saturated heterocycles. The van der Waals surface area contributed by atoms with Crippen LogP contribution in [0.2, 0.25) is 0 Å². The number of nitrogens with zero attached hydrogens (tertiary/aromatic N) is 10. The van der Waals surface area contributed by atoms with Crippen LogP contribution in [0, 0.1) is 0 Å². The molecule has 0 amide bonds. The van der Waals surface area contributed by atoms with Crippen molar-refractivity contribution in [1.29, 1.82) is 0 Å². The average molecular weight is 630 g/mol. The molecule has 0 radical (unpaired) electrons. The predicted octanol–water partition coefficient (Wildman–Crippen LogP) is 4.27. The zero-order valence-electron chi connectivity index (χ0n) is 23.7. The maximum absolute atomic E-state index is 13.8. The van der Waals surface area contributed by atoms with Gasteiger partial charge in [-0.05, 0) is 43.3 Å². The van der Waals surface area contributed by atoms with Crippen LogP contribution in [0.15, 0.2) is 49.1 Å². The van der Waals surface area contributed by atoms with Gasteiger partial charge >= 0.3 is 12.4 Å². The summed E-state index contributed by atoms with van der Waals surface area (Å²) < 4.78 is 82.7. The van der Waals surface area contributed by atoms with E-state index in [0.29, 0.717) is 36.0 Å². The normalized spacial score (nSPS) is 18.1. The van der Waals surface area contributed by atoms with E-state index in [1.54, 1.807) is 30.9 Å². The summed E-state index contributed by atoms with van der Waals surface area (Å²) in [5.41, 5.74) is -0.108. The maximum atomic E-state index is 13.8. The minimum absolute atomic E-state index is 0.0215. The fraction of sp³-hybridized carbons (Fsp3) is 0.357.